The van der Waals surface area contributed by atoms with Crippen LogP contribution in [0.15, 0.2) is 0 Å². The molecule has 3 atom stereocenters. The maximum absolute atomic E-state index is 10.1. The first-order chi connectivity index (χ1) is 6.28. The third-order valence-corrected chi connectivity index (χ3v) is 1.78. The summed E-state index contributed by atoms with van der Waals surface area (Å²) in [7, 11) is -4.74. The van der Waals surface area contributed by atoms with E-state index < -0.39 is 32.7 Å². The van der Waals surface area contributed by atoms with Crippen molar-refractivity contribution in [2.24, 2.45) is 0 Å². The summed E-state index contributed by atoms with van der Waals surface area (Å²) in [4.78, 5) is 26.4. The number of aliphatic hydroxyl groups is 3. The van der Waals surface area contributed by atoms with Gasteiger partial charge >= 0.3 is 7.82 Å². The molecule has 0 spiro atoms. The number of rotatable bonds is 6. The molecule has 0 aromatic carbocycles. The second-order valence-corrected chi connectivity index (χ2v) is 3.71. The number of phosphoric ester groups is 1. The molecule has 0 bridgehead atoms. The van der Waals surface area contributed by atoms with Gasteiger partial charge in [-0.2, -0.15) is 0 Å². The Hall–Kier alpha value is -0.340. The van der Waals surface area contributed by atoms with E-state index in [1.165, 1.54) is 0 Å². The summed E-state index contributed by atoms with van der Waals surface area (Å²) in [6.07, 6.45) is -5.46. The monoisotopic (exact) mass is 230 g/mol. The molecule has 8 nitrogen and oxygen atoms in total. The largest absolute Gasteiger partial charge is 0.469 e. The standard InChI is InChI=1S/C5H11O8P/c6-1-3(7)5(9)4(8)2-13-14(10,11)12/h1,3-5,7-9H,2H2,(H2,10,11,12). The lowest BCUT2D eigenvalue weighted by molar-refractivity contribution is -0.127. The molecule has 0 aliphatic heterocycles. The van der Waals surface area contributed by atoms with Crippen LogP contribution in [-0.4, -0.2) is 56.3 Å². The van der Waals surface area contributed by atoms with Gasteiger partial charge in [-0.25, -0.2) is 4.57 Å². The van der Waals surface area contributed by atoms with E-state index in [1.807, 2.05) is 0 Å². The topological polar surface area (TPSA) is 145 Å². The predicted octanol–water partition coefficient (Wildman–Crippen LogP) is -2.62. The van der Waals surface area contributed by atoms with Crippen LogP contribution in [-0.2, 0) is 13.9 Å². The zero-order valence-electron chi connectivity index (χ0n) is 6.92. The Bertz CT molecular complexity index is 224. The fourth-order valence-corrected chi connectivity index (χ4v) is 0.927. The molecule has 0 aliphatic carbocycles. The zero-order chi connectivity index (χ0) is 11.4. The van der Waals surface area contributed by atoms with E-state index in [9.17, 15) is 9.36 Å². The van der Waals surface area contributed by atoms with Crippen molar-refractivity contribution < 1.29 is 39.0 Å². The molecule has 0 amide bonds. The van der Waals surface area contributed by atoms with Gasteiger partial charge in [-0.3, -0.25) is 4.52 Å². The Kier molecular flexibility index (Phi) is 5.38. The molecule has 14 heavy (non-hydrogen) atoms. The minimum Gasteiger partial charge on any atom is -0.388 e. The fraction of sp³-hybridized carbons (Fsp3) is 0.800. The van der Waals surface area contributed by atoms with E-state index in [0.717, 1.165) is 0 Å². The molecule has 84 valence electrons. The number of hydrogen-bond acceptors (Lipinski definition) is 6. The van der Waals surface area contributed by atoms with Crippen LogP contribution in [0.2, 0.25) is 0 Å². The molecule has 0 aromatic rings. The van der Waals surface area contributed by atoms with Gasteiger partial charge in [0.15, 0.2) is 6.29 Å². The Balaban J connectivity index is 4.02. The van der Waals surface area contributed by atoms with Crippen LogP contribution in [0.4, 0.5) is 0 Å². The van der Waals surface area contributed by atoms with Crippen molar-refractivity contribution >= 4 is 14.1 Å². The summed E-state index contributed by atoms with van der Waals surface area (Å²) in [5, 5.41) is 26.6. The van der Waals surface area contributed by atoms with Crippen molar-refractivity contribution in [3.8, 4) is 0 Å². The van der Waals surface area contributed by atoms with Crippen LogP contribution in [0.5, 0.6) is 0 Å². The number of phosphoric acid groups is 1. The highest BCUT2D eigenvalue weighted by Gasteiger charge is 2.27. The van der Waals surface area contributed by atoms with Gasteiger partial charge in [-0.05, 0) is 0 Å². The van der Waals surface area contributed by atoms with E-state index >= 15 is 0 Å². The highest BCUT2D eigenvalue weighted by atomic mass is 31.2. The molecule has 0 rings (SSSR count). The van der Waals surface area contributed by atoms with Gasteiger partial charge in [-0.15, -0.1) is 0 Å². The molecule has 0 heterocycles. The number of aldehydes is 1. The second kappa shape index (κ2) is 5.52. The normalized spacial score (nSPS) is 18.6. The van der Waals surface area contributed by atoms with E-state index in [1.54, 1.807) is 0 Å². The number of hydrogen-bond donors (Lipinski definition) is 5. The van der Waals surface area contributed by atoms with Crippen molar-refractivity contribution in [2.75, 3.05) is 6.61 Å². The minimum absolute atomic E-state index is 0.0225. The average Bonchev–Trinajstić information content (AvgIpc) is 2.10. The van der Waals surface area contributed by atoms with Crippen molar-refractivity contribution in [1.82, 2.24) is 0 Å². The van der Waals surface area contributed by atoms with Crippen LogP contribution >= 0.6 is 7.82 Å². The number of carbonyl (C=O) groups excluding carboxylic acids is 1. The van der Waals surface area contributed by atoms with E-state index in [2.05, 4.69) is 4.52 Å². The molecule has 0 saturated carbocycles. The van der Waals surface area contributed by atoms with Crippen molar-refractivity contribution in [1.29, 1.82) is 0 Å². The lowest BCUT2D eigenvalue weighted by Crippen LogP contribution is -2.40. The Morgan fingerprint density at radius 2 is 1.79 bits per heavy atom. The van der Waals surface area contributed by atoms with E-state index in [0.29, 0.717) is 0 Å². The predicted molar refractivity (Wildman–Crippen MR) is 42.1 cm³/mol. The van der Waals surface area contributed by atoms with Gasteiger partial charge in [-0.1, -0.05) is 0 Å². The minimum atomic E-state index is -4.74. The summed E-state index contributed by atoms with van der Waals surface area (Å²) in [6.45, 7) is -0.893. The lowest BCUT2D eigenvalue weighted by Gasteiger charge is -2.19. The summed E-state index contributed by atoms with van der Waals surface area (Å²) < 4.78 is 14.0. The molecular formula is C5H11O8P. The SMILES string of the molecule is O=CC(O)C(O)C(O)COP(=O)(O)O. The van der Waals surface area contributed by atoms with Gasteiger partial charge < -0.3 is 29.9 Å². The van der Waals surface area contributed by atoms with Crippen LogP contribution < -0.4 is 0 Å². The Labute approximate surface area is 79.0 Å². The third-order valence-electron chi connectivity index (χ3n) is 1.30. The zero-order valence-corrected chi connectivity index (χ0v) is 7.82. The van der Waals surface area contributed by atoms with Crippen LogP contribution in [0.3, 0.4) is 0 Å². The third kappa shape index (κ3) is 5.40. The smallest absolute Gasteiger partial charge is 0.388 e. The Morgan fingerprint density at radius 3 is 2.14 bits per heavy atom. The molecular weight excluding hydrogens is 219 g/mol. The highest BCUT2D eigenvalue weighted by Crippen LogP contribution is 2.35. The van der Waals surface area contributed by atoms with Gasteiger partial charge in [0.1, 0.15) is 18.3 Å². The summed E-state index contributed by atoms with van der Waals surface area (Å²) in [5.74, 6) is 0. The molecule has 0 fully saturated rings. The van der Waals surface area contributed by atoms with Gasteiger partial charge in [0.25, 0.3) is 0 Å². The first kappa shape index (κ1) is 13.7. The number of carbonyl (C=O) groups is 1. The fourth-order valence-electron chi connectivity index (χ4n) is 0.580. The summed E-state index contributed by atoms with van der Waals surface area (Å²) in [5.41, 5.74) is 0. The molecule has 0 aromatic heterocycles. The second-order valence-electron chi connectivity index (χ2n) is 2.47. The quantitative estimate of drug-likeness (QED) is 0.246. The van der Waals surface area contributed by atoms with Crippen molar-refractivity contribution in [2.45, 2.75) is 18.3 Å². The Morgan fingerprint density at radius 1 is 1.29 bits per heavy atom. The molecule has 0 aliphatic rings. The average molecular weight is 230 g/mol. The van der Waals surface area contributed by atoms with Crippen LogP contribution in [0.1, 0.15) is 0 Å². The number of aliphatic hydroxyl groups excluding tert-OH is 3. The molecule has 9 heteroatoms. The van der Waals surface area contributed by atoms with Crippen molar-refractivity contribution in [3.05, 3.63) is 0 Å². The lowest BCUT2D eigenvalue weighted by atomic mass is 10.1. The van der Waals surface area contributed by atoms with Gasteiger partial charge in [0, 0.05) is 0 Å². The van der Waals surface area contributed by atoms with E-state index in [-0.39, 0.29) is 6.29 Å². The van der Waals surface area contributed by atoms with Crippen molar-refractivity contribution in [3.63, 3.8) is 0 Å². The molecule has 0 saturated heterocycles. The van der Waals surface area contributed by atoms with Gasteiger partial charge in [0.2, 0.25) is 0 Å². The van der Waals surface area contributed by atoms with Crippen LogP contribution in [0, 0.1) is 0 Å². The molecule has 3 unspecified atom stereocenters. The summed E-state index contributed by atoms with van der Waals surface area (Å²) in [6, 6.07) is 0. The van der Waals surface area contributed by atoms with E-state index in [4.69, 9.17) is 25.1 Å². The van der Waals surface area contributed by atoms with Gasteiger partial charge in [0.05, 0.1) is 6.61 Å². The first-order valence-electron chi connectivity index (χ1n) is 3.47. The summed E-state index contributed by atoms with van der Waals surface area (Å²) >= 11 is 0. The highest BCUT2D eigenvalue weighted by molar-refractivity contribution is 7.46. The molecule has 5 N–H and O–H groups in total. The van der Waals surface area contributed by atoms with Crippen LogP contribution in [0.25, 0.3) is 0 Å². The molecule has 0 radical (unpaired) electrons. The maximum Gasteiger partial charge on any atom is 0.469 e. The maximum atomic E-state index is 10.1. The first-order valence-corrected chi connectivity index (χ1v) is 5.00.